The molecule has 3 heteroatoms. The first-order valence-corrected chi connectivity index (χ1v) is 12.5. The Bertz CT molecular complexity index is 1050. The lowest BCUT2D eigenvalue weighted by molar-refractivity contribution is 0.0993. The van der Waals surface area contributed by atoms with Gasteiger partial charge in [0.05, 0.1) is 0 Å². The molecule has 0 aliphatic carbocycles. The second-order valence-corrected chi connectivity index (χ2v) is 9.33. The van der Waals surface area contributed by atoms with Crippen LogP contribution in [0.1, 0.15) is 79.9 Å². The van der Waals surface area contributed by atoms with E-state index in [-0.39, 0.29) is 5.91 Å². The van der Waals surface area contributed by atoms with Crippen LogP contribution in [0.3, 0.4) is 0 Å². The largest absolute Gasteiger partial charge is 0.342 e. The van der Waals surface area contributed by atoms with Gasteiger partial charge in [0, 0.05) is 41.8 Å². The third-order valence-corrected chi connectivity index (χ3v) is 7.00. The van der Waals surface area contributed by atoms with Crippen molar-refractivity contribution >= 4 is 22.9 Å². The van der Waals surface area contributed by atoms with Crippen molar-refractivity contribution in [2.24, 2.45) is 5.92 Å². The molecule has 1 heterocycles. The average Bonchev–Trinajstić information content (AvgIpc) is 2.82. The Kier molecular flexibility index (Phi) is 8.18. The number of carbonyl (C=O) groups is 1. The van der Waals surface area contributed by atoms with Gasteiger partial charge in [-0.3, -0.25) is 4.79 Å². The van der Waals surface area contributed by atoms with Crippen LogP contribution in [-0.2, 0) is 0 Å². The first-order valence-electron chi connectivity index (χ1n) is 12.5. The molecular formula is C30H40N2O. The van der Waals surface area contributed by atoms with Crippen molar-refractivity contribution < 1.29 is 4.79 Å². The minimum Gasteiger partial charge on any atom is -0.342 e. The van der Waals surface area contributed by atoms with E-state index in [0.29, 0.717) is 5.92 Å². The van der Waals surface area contributed by atoms with Crippen LogP contribution in [0.4, 0.5) is 11.4 Å². The molecule has 1 atom stereocenters. The van der Waals surface area contributed by atoms with Crippen molar-refractivity contribution in [2.75, 3.05) is 23.4 Å². The zero-order valence-electron chi connectivity index (χ0n) is 21.4. The van der Waals surface area contributed by atoms with Gasteiger partial charge in [-0.1, -0.05) is 45.8 Å². The average molecular weight is 445 g/mol. The molecule has 33 heavy (non-hydrogen) atoms. The molecule has 1 amide bonds. The number of fused-ring (bicyclic) bond motifs is 1. The molecule has 1 aliphatic heterocycles. The van der Waals surface area contributed by atoms with Gasteiger partial charge < -0.3 is 9.80 Å². The van der Waals surface area contributed by atoms with Gasteiger partial charge in [0.2, 0.25) is 0 Å². The monoisotopic (exact) mass is 444 g/mol. The third kappa shape index (κ3) is 5.24. The van der Waals surface area contributed by atoms with E-state index in [2.05, 4.69) is 76.4 Å². The van der Waals surface area contributed by atoms with Gasteiger partial charge in [-0.05, 0) is 92.6 Å². The van der Waals surface area contributed by atoms with Crippen molar-refractivity contribution in [3.8, 4) is 0 Å². The Morgan fingerprint density at radius 3 is 2.39 bits per heavy atom. The standard InChI is InChI=1S/C30H40N2O/c1-8-11-13-24(12-9-2)27-19-23(6)32(10-3)29-17-15-25(20-28(27)29)30(33)31(7)26-16-14-21(4)22(5)18-26/h14-20,24H,6,8-13H2,1-5,7H3. The van der Waals surface area contributed by atoms with Gasteiger partial charge in [0.1, 0.15) is 0 Å². The van der Waals surface area contributed by atoms with E-state index >= 15 is 0 Å². The van der Waals surface area contributed by atoms with Gasteiger partial charge >= 0.3 is 0 Å². The van der Waals surface area contributed by atoms with Gasteiger partial charge in [-0.15, -0.1) is 0 Å². The molecule has 3 nitrogen and oxygen atoms in total. The number of likely N-dealkylation sites (N-methyl/N-ethyl adjacent to an activating group) is 1. The number of rotatable bonds is 9. The number of nitrogens with zero attached hydrogens (tertiary/aromatic N) is 2. The summed E-state index contributed by atoms with van der Waals surface area (Å²) in [7, 11) is 1.87. The fraction of sp³-hybridized carbons (Fsp3) is 0.433. The van der Waals surface area contributed by atoms with Crippen molar-refractivity contribution in [3.05, 3.63) is 77.0 Å². The number of aryl methyl sites for hydroxylation is 2. The van der Waals surface area contributed by atoms with E-state index in [9.17, 15) is 4.79 Å². The minimum atomic E-state index is 0.0217. The SMILES string of the molecule is C=C1C=C(C(CCC)CCCC)c2cc(C(=O)N(C)c3ccc(C)c(C)c3)ccc2N1CC. The van der Waals surface area contributed by atoms with Crippen LogP contribution in [-0.4, -0.2) is 19.5 Å². The zero-order chi connectivity index (χ0) is 24.1. The topological polar surface area (TPSA) is 23.6 Å². The first-order chi connectivity index (χ1) is 15.8. The Balaban J connectivity index is 2.03. The maximum atomic E-state index is 13.5. The number of allylic oxidation sites excluding steroid dienone is 2. The molecular weight excluding hydrogens is 404 g/mol. The molecule has 2 aromatic rings. The van der Waals surface area contributed by atoms with Crippen molar-refractivity contribution in [1.82, 2.24) is 0 Å². The summed E-state index contributed by atoms with van der Waals surface area (Å²) in [6, 6.07) is 12.4. The van der Waals surface area contributed by atoms with Gasteiger partial charge in [0.25, 0.3) is 5.91 Å². The van der Waals surface area contributed by atoms with Crippen molar-refractivity contribution in [2.45, 2.75) is 66.7 Å². The Morgan fingerprint density at radius 1 is 1.00 bits per heavy atom. The van der Waals surface area contributed by atoms with Crippen LogP contribution in [0.2, 0.25) is 0 Å². The van der Waals surface area contributed by atoms with Crippen molar-refractivity contribution in [3.63, 3.8) is 0 Å². The highest BCUT2D eigenvalue weighted by Gasteiger charge is 2.27. The fourth-order valence-electron chi connectivity index (χ4n) is 4.84. The minimum absolute atomic E-state index is 0.0217. The maximum absolute atomic E-state index is 13.5. The smallest absolute Gasteiger partial charge is 0.258 e. The van der Waals surface area contributed by atoms with E-state index < -0.39 is 0 Å². The Morgan fingerprint density at radius 2 is 1.76 bits per heavy atom. The zero-order valence-corrected chi connectivity index (χ0v) is 21.4. The summed E-state index contributed by atoms with van der Waals surface area (Å²) >= 11 is 0. The summed E-state index contributed by atoms with van der Waals surface area (Å²) in [5, 5.41) is 0. The van der Waals surface area contributed by atoms with E-state index in [0.717, 1.165) is 36.3 Å². The number of anilines is 2. The molecule has 176 valence electrons. The number of unbranched alkanes of at least 4 members (excludes halogenated alkanes) is 1. The van der Waals surface area contributed by atoms with Crippen LogP contribution in [0.15, 0.2) is 54.8 Å². The molecule has 1 unspecified atom stereocenters. The van der Waals surface area contributed by atoms with Crippen LogP contribution in [0.25, 0.3) is 5.57 Å². The quantitative estimate of drug-likeness (QED) is 0.392. The van der Waals surface area contributed by atoms with Crippen LogP contribution in [0, 0.1) is 19.8 Å². The Labute approximate surface area is 200 Å². The van der Waals surface area contributed by atoms with Gasteiger partial charge in [0.15, 0.2) is 0 Å². The molecule has 0 saturated heterocycles. The second-order valence-electron chi connectivity index (χ2n) is 9.33. The first kappa shape index (κ1) is 24.8. The summed E-state index contributed by atoms with van der Waals surface area (Å²) < 4.78 is 0. The predicted molar refractivity (Wildman–Crippen MR) is 143 cm³/mol. The summed E-state index contributed by atoms with van der Waals surface area (Å²) in [5.74, 6) is 0.515. The third-order valence-electron chi connectivity index (χ3n) is 7.00. The number of amides is 1. The number of carbonyl (C=O) groups excluding carboxylic acids is 1. The van der Waals surface area contributed by atoms with E-state index in [1.807, 2.05) is 19.2 Å². The lowest BCUT2D eigenvalue weighted by atomic mass is 9.81. The Hall–Kier alpha value is -2.81. The normalized spacial score (nSPS) is 14.1. The summed E-state index contributed by atoms with van der Waals surface area (Å²) in [4.78, 5) is 17.5. The summed E-state index contributed by atoms with van der Waals surface area (Å²) in [6.07, 6.45) is 8.17. The maximum Gasteiger partial charge on any atom is 0.258 e. The number of hydrogen-bond acceptors (Lipinski definition) is 2. The van der Waals surface area contributed by atoms with Gasteiger partial charge in [-0.2, -0.15) is 0 Å². The highest BCUT2D eigenvalue weighted by molar-refractivity contribution is 6.07. The van der Waals surface area contributed by atoms with E-state index in [1.165, 1.54) is 47.2 Å². The molecule has 0 N–H and O–H groups in total. The molecule has 3 rings (SSSR count). The number of benzene rings is 2. The summed E-state index contributed by atoms with van der Waals surface area (Å²) in [5.41, 5.74) is 8.83. The van der Waals surface area contributed by atoms with E-state index in [1.54, 1.807) is 4.90 Å². The molecule has 0 spiro atoms. The van der Waals surface area contributed by atoms with Crippen LogP contribution in [0.5, 0.6) is 0 Å². The molecule has 0 fully saturated rings. The van der Waals surface area contributed by atoms with E-state index in [4.69, 9.17) is 0 Å². The summed E-state index contributed by atoms with van der Waals surface area (Å²) in [6.45, 7) is 16.1. The van der Waals surface area contributed by atoms with Crippen LogP contribution >= 0.6 is 0 Å². The predicted octanol–water partition coefficient (Wildman–Crippen LogP) is 7.92. The molecule has 0 aromatic heterocycles. The van der Waals surface area contributed by atoms with Crippen molar-refractivity contribution in [1.29, 1.82) is 0 Å². The molecule has 0 bridgehead atoms. The molecule has 2 aromatic carbocycles. The number of hydrogen-bond donors (Lipinski definition) is 0. The lowest BCUT2D eigenvalue weighted by Gasteiger charge is -2.35. The van der Waals surface area contributed by atoms with Gasteiger partial charge in [-0.25, -0.2) is 0 Å². The fourth-order valence-corrected chi connectivity index (χ4v) is 4.84. The lowest BCUT2D eigenvalue weighted by Crippen LogP contribution is -2.28. The highest BCUT2D eigenvalue weighted by Crippen LogP contribution is 2.42. The second kappa shape index (κ2) is 10.9. The molecule has 0 saturated carbocycles. The highest BCUT2D eigenvalue weighted by atomic mass is 16.2. The molecule has 1 aliphatic rings. The molecule has 0 radical (unpaired) electrons. The van der Waals surface area contributed by atoms with Crippen LogP contribution < -0.4 is 9.80 Å².